The van der Waals surface area contributed by atoms with Crippen molar-refractivity contribution in [3.8, 4) is 0 Å². The minimum absolute atomic E-state index is 0.448. The topological polar surface area (TPSA) is 15.3 Å². The van der Waals surface area contributed by atoms with Crippen molar-refractivity contribution in [1.82, 2.24) is 10.2 Å². The fraction of sp³-hybridized carbons (Fsp3) is 0.550. The number of hydrogen-bond acceptors (Lipinski definition) is 2. The predicted molar refractivity (Wildman–Crippen MR) is 202 cm³/mol. The highest BCUT2D eigenvalue weighted by Gasteiger charge is 2.22. The molecular formula is C40H64Cl2N2. The van der Waals surface area contributed by atoms with E-state index >= 15 is 0 Å². The van der Waals surface area contributed by atoms with Gasteiger partial charge in [0.2, 0.25) is 0 Å². The van der Waals surface area contributed by atoms with Crippen molar-refractivity contribution in [2.75, 3.05) is 33.2 Å². The molecule has 1 N–H and O–H groups in total. The largest absolute Gasteiger partial charge is 0.320 e. The highest BCUT2D eigenvalue weighted by molar-refractivity contribution is 6.35. The molecular weight excluding hydrogens is 579 g/mol. The molecule has 0 aromatic heterocycles. The molecule has 0 aliphatic rings. The summed E-state index contributed by atoms with van der Waals surface area (Å²) >= 11 is 12.1. The van der Waals surface area contributed by atoms with Crippen molar-refractivity contribution in [3.63, 3.8) is 0 Å². The Kier molecular flexibility index (Phi) is 25.3. The Hall–Kier alpha value is -1.84. The van der Waals surface area contributed by atoms with Crippen LogP contribution in [0, 0.1) is 12.3 Å². The summed E-state index contributed by atoms with van der Waals surface area (Å²) in [5, 5.41) is 4.61. The van der Waals surface area contributed by atoms with Crippen LogP contribution in [0.25, 0.3) is 0 Å². The summed E-state index contributed by atoms with van der Waals surface area (Å²) in [5.41, 5.74) is 5.39. The van der Waals surface area contributed by atoms with Crippen molar-refractivity contribution in [1.29, 1.82) is 0 Å². The fourth-order valence-corrected chi connectivity index (χ4v) is 5.66. The molecule has 4 heteroatoms. The van der Waals surface area contributed by atoms with E-state index in [2.05, 4.69) is 88.8 Å². The van der Waals surface area contributed by atoms with Gasteiger partial charge in [-0.1, -0.05) is 118 Å². The Morgan fingerprint density at radius 3 is 1.98 bits per heavy atom. The van der Waals surface area contributed by atoms with Crippen LogP contribution in [0.1, 0.15) is 102 Å². The van der Waals surface area contributed by atoms with Crippen LogP contribution in [-0.2, 0) is 12.8 Å². The van der Waals surface area contributed by atoms with E-state index in [0.717, 1.165) is 49.2 Å². The third-order valence-electron chi connectivity index (χ3n) is 8.26. The first kappa shape index (κ1) is 42.2. The number of allylic oxidation sites excluding steroid dienone is 3. The molecule has 2 aromatic rings. The van der Waals surface area contributed by atoms with E-state index in [1.54, 1.807) is 6.07 Å². The maximum absolute atomic E-state index is 6.18. The van der Waals surface area contributed by atoms with Crippen molar-refractivity contribution in [3.05, 3.63) is 107 Å². The molecule has 0 aliphatic heterocycles. The van der Waals surface area contributed by atoms with Crippen molar-refractivity contribution >= 4 is 23.2 Å². The van der Waals surface area contributed by atoms with E-state index in [0.29, 0.717) is 10.4 Å². The third-order valence-corrected chi connectivity index (χ3v) is 8.85. The molecule has 2 rings (SSSR count). The monoisotopic (exact) mass is 642 g/mol. The van der Waals surface area contributed by atoms with E-state index in [1.165, 1.54) is 74.9 Å². The van der Waals surface area contributed by atoms with Crippen LogP contribution in [-0.4, -0.2) is 38.1 Å². The Bertz CT molecular complexity index is 1010. The molecule has 248 valence electrons. The summed E-state index contributed by atoms with van der Waals surface area (Å²) in [4.78, 5) is 2.58. The molecule has 0 saturated heterocycles. The molecule has 0 heterocycles. The van der Waals surface area contributed by atoms with Crippen molar-refractivity contribution < 1.29 is 0 Å². The van der Waals surface area contributed by atoms with Crippen LogP contribution in [0.3, 0.4) is 0 Å². The lowest BCUT2D eigenvalue weighted by atomic mass is 9.76. The molecule has 0 saturated carbocycles. The number of unbranched alkanes of at least 4 members (excludes halogenated alkanes) is 1. The van der Waals surface area contributed by atoms with E-state index in [1.807, 2.05) is 31.3 Å². The normalized spacial score (nSPS) is 10.8. The maximum atomic E-state index is 6.18. The number of hydrogen-bond donors (Lipinski definition) is 1. The van der Waals surface area contributed by atoms with Gasteiger partial charge in [0.05, 0.1) is 0 Å². The van der Waals surface area contributed by atoms with Crippen LogP contribution in [0.2, 0.25) is 10.0 Å². The lowest BCUT2D eigenvalue weighted by molar-refractivity contribution is 0.266. The first-order valence-corrected chi connectivity index (χ1v) is 17.6. The molecule has 0 unspecified atom stereocenters. The highest BCUT2D eigenvalue weighted by Crippen LogP contribution is 2.34. The van der Waals surface area contributed by atoms with Gasteiger partial charge in [0.25, 0.3) is 0 Å². The minimum atomic E-state index is 0.448. The number of benzene rings is 2. The number of aryl methyl sites for hydroxylation is 2. The molecule has 0 amide bonds. The lowest BCUT2D eigenvalue weighted by Crippen LogP contribution is -2.28. The van der Waals surface area contributed by atoms with Gasteiger partial charge in [-0.25, -0.2) is 0 Å². The summed E-state index contributed by atoms with van der Waals surface area (Å²) in [5.74, 6) is 0. The summed E-state index contributed by atoms with van der Waals surface area (Å²) in [7, 11) is 2.02. The first-order chi connectivity index (χ1) is 21.1. The Morgan fingerprint density at radius 2 is 1.48 bits per heavy atom. The Labute approximate surface area is 283 Å². The number of halogens is 2. The zero-order chi connectivity index (χ0) is 33.2. The molecule has 0 spiro atoms. The summed E-state index contributed by atoms with van der Waals surface area (Å²) in [6.07, 6.45) is 16.7. The van der Waals surface area contributed by atoms with Gasteiger partial charge in [-0.2, -0.15) is 0 Å². The van der Waals surface area contributed by atoms with E-state index < -0.39 is 0 Å². The second kappa shape index (κ2) is 26.4. The number of nitrogens with one attached hydrogen (secondary N) is 1. The van der Waals surface area contributed by atoms with Crippen molar-refractivity contribution in [2.45, 2.75) is 105 Å². The molecule has 0 atom stereocenters. The van der Waals surface area contributed by atoms with Gasteiger partial charge < -0.3 is 10.2 Å². The number of nitrogens with zero attached hydrogens (tertiary/aromatic N) is 1. The van der Waals surface area contributed by atoms with E-state index in [-0.39, 0.29) is 0 Å². The van der Waals surface area contributed by atoms with Gasteiger partial charge in [-0.05, 0) is 133 Å². The second-order valence-corrected chi connectivity index (χ2v) is 12.8. The van der Waals surface area contributed by atoms with Crippen LogP contribution in [0.4, 0.5) is 0 Å². The van der Waals surface area contributed by atoms with E-state index in [9.17, 15) is 0 Å². The number of rotatable bonds is 20. The average molecular weight is 644 g/mol. The predicted octanol–water partition coefficient (Wildman–Crippen LogP) is 12.1. The average Bonchev–Trinajstić information content (AvgIpc) is 3.01. The van der Waals surface area contributed by atoms with Gasteiger partial charge >= 0.3 is 0 Å². The lowest BCUT2D eigenvalue weighted by Gasteiger charge is -2.29. The van der Waals surface area contributed by atoms with Crippen LogP contribution < -0.4 is 5.32 Å². The molecule has 0 radical (unpaired) electrons. The van der Waals surface area contributed by atoms with Crippen LogP contribution >= 0.6 is 23.2 Å². The summed E-state index contributed by atoms with van der Waals surface area (Å²) in [6.45, 7) is 27.8. The molecule has 2 nitrogen and oxygen atoms in total. The van der Waals surface area contributed by atoms with Gasteiger partial charge in [-0.3, -0.25) is 0 Å². The van der Waals surface area contributed by atoms with Gasteiger partial charge in [0.15, 0.2) is 0 Å². The Morgan fingerprint density at radius 1 is 0.864 bits per heavy atom. The molecule has 0 bridgehead atoms. The smallest absolute Gasteiger partial charge is 0.0452 e. The minimum Gasteiger partial charge on any atom is -0.320 e. The standard InChI is InChI=1S/C18H18Cl2.C11H26N2.C11H20/c1-13-3-6-15(7-4-13)11-14(2)5-8-16-9-10-17(19)12-18(16)20;1-4-6-10-13(9-5-2)11-7-8-12-3;1-5-9-11(7-3,8-4)10-6-2/h3-4,6-7,9-10,12H,2,5,8,11H2,1H3;12H,4-11H2,1-3H3;5-6H,1-2,7-10H2,3-4H3. The molecule has 0 fully saturated rings. The van der Waals surface area contributed by atoms with Crippen LogP contribution in [0.15, 0.2) is 79.9 Å². The highest BCUT2D eigenvalue weighted by atomic mass is 35.5. The zero-order valence-corrected chi connectivity index (χ0v) is 30.6. The van der Waals surface area contributed by atoms with Crippen molar-refractivity contribution in [2.24, 2.45) is 5.41 Å². The SMILES string of the molecule is C=C(CCc1ccc(Cl)cc1Cl)Cc1ccc(C)cc1.C=CCC(CC)(CC)CC=C.CCCCN(CCC)CCCNC. The quantitative estimate of drug-likeness (QED) is 0.114. The fourth-order valence-electron chi connectivity index (χ4n) is 5.15. The molecule has 2 aromatic carbocycles. The molecule has 0 aliphatic carbocycles. The van der Waals surface area contributed by atoms with Gasteiger partial charge in [-0.15, -0.1) is 13.2 Å². The van der Waals surface area contributed by atoms with Gasteiger partial charge in [0.1, 0.15) is 0 Å². The Balaban J connectivity index is 0.000000673. The van der Waals surface area contributed by atoms with Crippen LogP contribution in [0.5, 0.6) is 0 Å². The second-order valence-electron chi connectivity index (χ2n) is 12.0. The third kappa shape index (κ3) is 19.5. The van der Waals surface area contributed by atoms with E-state index in [4.69, 9.17) is 23.2 Å². The summed E-state index contributed by atoms with van der Waals surface area (Å²) in [6, 6.07) is 14.3. The zero-order valence-electron chi connectivity index (χ0n) is 29.1. The van der Waals surface area contributed by atoms with Gasteiger partial charge in [0, 0.05) is 10.0 Å². The molecule has 44 heavy (non-hydrogen) atoms. The maximum Gasteiger partial charge on any atom is 0.0452 e. The first-order valence-electron chi connectivity index (χ1n) is 16.9. The summed E-state index contributed by atoms with van der Waals surface area (Å²) < 4.78 is 0.